The van der Waals surface area contributed by atoms with Crippen molar-refractivity contribution < 1.29 is 33.4 Å². The molecule has 1 aliphatic carbocycles. The van der Waals surface area contributed by atoms with Crippen molar-refractivity contribution in [1.29, 1.82) is 0 Å². The first-order valence-electron chi connectivity index (χ1n) is 17.6. The van der Waals surface area contributed by atoms with Crippen LogP contribution < -0.4 is 24.8 Å². The van der Waals surface area contributed by atoms with E-state index in [9.17, 15) is 19.2 Å². The summed E-state index contributed by atoms with van der Waals surface area (Å²) in [5, 5.41) is 5.80. The van der Waals surface area contributed by atoms with Gasteiger partial charge in [0.05, 0.1) is 30.7 Å². The molecule has 2 amide bonds. The van der Waals surface area contributed by atoms with Crippen LogP contribution in [-0.4, -0.2) is 43.3 Å². The quantitative estimate of drug-likeness (QED) is 0.0620. The number of amides is 2. The molecule has 0 aliphatic heterocycles. The molecule has 0 spiro atoms. The second kappa shape index (κ2) is 17.5. The molecule has 1 unspecified atom stereocenters. The maximum atomic E-state index is 13.2. The Bertz CT molecular complexity index is 1800. The average molecular weight is 691 g/mol. The number of anilines is 1. The van der Waals surface area contributed by atoms with E-state index in [1.54, 1.807) is 66.7 Å². The SMILES string of the molecule is CCCCCCCOc1ccc(C(=O)Oc2ccc(CC(NC(=O)c3ccc(NC(=O)C4(c5ccccc5)CC4)cc3)C(C)=O)cc2OC)cc1. The van der Waals surface area contributed by atoms with Gasteiger partial charge < -0.3 is 24.8 Å². The van der Waals surface area contributed by atoms with Gasteiger partial charge in [0.25, 0.3) is 5.91 Å². The Hall–Kier alpha value is -5.44. The van der Waals surface area contributed by atoms with Gasteiger partial charge in [0, 0.05) is 11.3 Å². The van der Waals surface area contributed by atoms with Crippen molar-refractivity contribution >= 4 is 29.3 Å². The summed E-state index contributed by atoms with van der Waals surface area (Å²) in [4.78, 5) is 51.8. The van der Waals surface area contributed by atoms with Gasteiger partial charge in [-0.05, 0) is 104 Å². The maximum Gasteiger partial charge on any atom is 0.343 e. The number of hydrogen-bond acceptors (Lipinski definition) is 7. The molecular formula is C42H46N2O7. The summed E-state index contributed by atoms with van der Waals surface area (Å²) >= 11 is 0. The van der Waals surface area contributed by atoms with Crippen molar-refractivity contribution in [2.45, 2.75) is 76.7 Å². The molecule has 4 aromatic carbocycles. The van der Waals surface area contributed by atoms with Crippen LogP contribution in [-0.2, 0) is 21.4 Å². The molecule has 51 heavy (non-hydrogen) atoms. The number of benzene rings is 4. The fourth-order valence-corrected chi connectivity index (χ4v) is 5.92. The third-order valence-corrected chi connectivity index (χ3v) is 9.19. The summed E-state index contributed by atoms with van der Waals surface area (Å²) < 4.78 is 16.9. The minimum atomic E-state index is -0.812. The molecular weight excluding hydrogens is 644 g/mol. The third kappa shape index (κ3) is 9.84. The summed E-state index contributed by atoms with van der Waals surface area (Å²) in [5.41, 5.74) is 2.49. The van der Waals surface area contributed by atoms with Crippen LogP contribution in [0.5, 0.6) is 17.2 Å². The van der Waals surface area contributed by atoms with E-state index < -0.39 is 23.3 Å². The van der Waals surface area contributed by atoms with Gasteiger partial charge in [0.1, 0.15) is 5.75 Å². The highest BCUT2D eigenvalue weighted by atomic mass is 16.6. The number of unbranched alkanes of at least 4 members (excludes halogenated alkanes) is 4. The smallest absolute Gasteiger partial charge is 0.343 e. The number of carbonyl (C=O) groups is 4. The van der Waals surface area contributed by atoms with Crippen LogP contribution in [0.1, 0.15) is 90.6 Å². The number of ether oxygens (including phenoxy) is 3. The van der Waals surface area contributed by atoms with E-state index in [0.29, 0.717) is 40.5 Å². The second-order valence-corrected chi connectivity index (χ2v) is 13.0. The molecule has 4 aromatic rings. The Kier molecular flexibility index (Phi) is 12.6. The minimum absolute atomic E-state index is 0.0680. The van der Waals surface area contributed by atoms with Gasteiger partial charge in [0.15, 0.2) is 17.3 Å². The van der Waals surface area contributed by atoms with Gasteiger partial charge in [-0.25, -0.2) is 4.79 Å². The van der Waals surface area contributed by atoms with Crippen molar-refractivity contribution in [2.75, 3.05) is 19.0 Å². The van der Waals surface area contributed by atoms with Gasteiger partial charge in [0.2, 0.25) is 5.91 Å². The predicted octanol–water partition coefficient (Wildman–Crippen LogP) is 7.86. The number of methoxy groups -OCH3 is 1. The highest BCUT2D eigenvalue weighted by molar-refractivity contribution is 6.02. The first-order valence-corrected chi connectivity index (χ1v) is 17.6. The lowest BCUT2D eigenvalue weighted by molar-refractivity contribution is -0.119. The lowest BCUT2D eigenvalue weighted by Crippen LogP contribution is -2.41. The topological polar surface area (TPSA) is 120 Å². The van der Waals surface area contributed by atoms with Crippen molar-refractivity contribution in [3.05, 3.63) is 119 Å². The molecule has 9 heteroatoms. The Morgan fingerprint density at radius 1 is 0.784 bits per heavy atom. The van der Waals surface area contributed by atoms with Gasteiger partial charge in [-0.3, -0.25) is 14.4 Å². The first-order chi connectivity index (χ1) is 24.7. The predicted molar refractivity (Wildman–Crippen MR) is 197 cm³/mol. The van der Waals surface area contributed by atoms with Crippen LogP contribution in [0.2, 0.25) is 0 Å². The lowest BCUT2D eigenvalue weighted by Gasteiger charge is -2.18. The molecule has 0 aromatic heterocycles. The minimum Gasteiger partial charge on any atom is -0.494 e. The lowest BCUT2D eigenvalue weighted by atomic mass is 9.95. The van der Waals surface area contributed by atoms with E-state index in [1.807, 2.05) is 30.3 Å². The summed E-state index contributed by atoms with van der Waals surface area (Å²) in [6.45, 7) is 4.24. The number of Topliss-reactive ketones (excluding diaryl/α,β-unsaturated/α-hetero) is 1. The standard InChI is InChI=1S/C42H46N2O7/c1-4-5-6-7-11-26-50-35-21-17-32(18-22-35)40(47)51-37-23-14-30(28-38(37)49-3)27-36(29(2)45)44-39(46)31-15-19-34(20-16-31)43-41(48)42(24-25-42)33-12-9-8-10-13-33/h8-10,12-23,28,36H,4-7,11,24-27H2,1-3H3,(H,43,48)(H,44,46). The Morgan fingerprint density at radius 2 is 1.47 bits per heavy atom. The fourth-order valence-electron chi connectivity index (χ4n) is 5.92. The Balaban J connectivity index is 1.14. The molecule has 1 aliphatic rings. The second-order valence-electron chi connectivity index (χ2n) is 13.0. The molecule has 1 fully saturated rings. The van der Waals surface area contributed by atoms with Crippen LogP contribution in [0.4, 0.5) is 5.69 Å². The van der Waals surface area contributed by atoms with E-state index in [0.717, 1.165) is 31.2 Å². The molecule has 1 saturated carbocycles. The normalized spacial score (nSPS) is 13.4. The molecule has 0 bridgehead atoms. The van der Waals surface area contributed by atoms with Crippen molar-refractivity contribution in [3.8, 4) is 17.2 Å². The zero-order valence-electron chi connectivity index (χ0n) is 29.5. The number of rotatable bonds is 18. The molecule has 5 rings (SSSR count). The summed E-state index contributed by atoms with van der Waals surface area (Å²) in [6, 6.07) is 27.4. The largest absolute Gasteiger partial charge is 0.494 e. The molecule has 2 N–H and O–H groups in total. The number of esters is 1. The summed E-state index contributed by atoms with van der Waals surface area (Å²) in [7, 11) is 1.47. The molecule has 1 atom stereocenters. The first kappa shape index (κ1) is 36.8. The van der Waals surface area contributed by atoms with E-state index in [1.165, 1.54) is 33.3 Å². The van der Waals surface area contributed by atoms with Crippen LogP contribution in [0.25, 0.3) is 0 Å². The van der Waals surface area contributed by atoms with Gasteiger partial charge >= 0.3 is 5.97 Å². The highest BCUT2D eigenvalue weighted by Crippen LogP contribution is 2.49. The van der Waals surface area contributed by atoms with E-state index in [-0.39, 0.29) is 23.9 Å². The molecule has 0 heterocycles. The van der Waals surface area contributed by atoms with Crippen molar-refractivity contribution in [1.82, 2.24) is 5.32 Å². The zero-order chi connectivity index (χ0) is 36.2. The summed E-state index contributed by atoms with van der Waals surface area (Å²) in [5.74, 6) is -0.0156. The Morgan fingerprint density at radius 3 is 2.12 bits per heavy atom. The van der Waals surface area contributed by atoms with Crippen molar-refractivity contribution in [2.24, 2.45) is 0 Å². The maximum absolute atomic E-state index is 13.2. The van der Waals surface area contributed by atoms with Crippen LogP contribution in [0.3, 0.4) is 0 Å². The van der Waals surface area contributed by atoms with Crippen molar-refractivity contribution in [3.63, 3.8) is 0 Å². The summed E-state index contributed by atoms with van der Waals surface area (Å²) in [6.07, 6.45) is 7.55. The number of nitrogens with one attached hydrogen (secondary N) is 2. The number of carbonyl (C=O) groups excluding carboxylic acids is 4. The zero-order valence-corrected chi connectivity index (χ0v) is 29.5. The van der Waals surface area contributed by atoms with E-state index in [4.69, 9.17) is 14.2 Å². The van der Waals surface area contributed by atoms with Crippen LogP contribution >= 0.6 is 0 Å². The molecule has 0 radical (unpaired) electrons. The monoisotopic (exact) mass is 690 g/mol. The van der Waals surface area contributed by atoms with Crippen LogP contribution in [0.15, 0.2) is 97.1 Å². The number of ketones is 1. The Labute approximate surface area is 299 Å². The average Bonchev–Trinajstić information content (AvgIpc) is 3.97. The number of hydrogen-bond donors (Lipinski definition) is 2. The fraction of sp³-hybridized carbons (Fsp3) is 0.333. The van der Waals surface area contributed by atoms with E-state index >= 15 is 0 Å². The molecule has 0 saturated heterocycles. The van der Waals surface area contributed by atoms with Gasteiger partial charge in [-0.1, -0.05) is 69.0 Å². The third-order valence-electron chi connectivity index (χ3n) is 9.19. The molecule has 266 valence electrons. The van der Waals surface area contributed by atoms with Gasteiger partial charge in [-0.15, -0.1) is 0 Å². The highest BCUT2D eigenvalue weighted by Gasteiger charge is 2.51. The molecule has 9 nitrogen and oxygen atoms in total. The van der Waals surface area contributed by atoms with Crippen LogP contribution in [0, 0.1) is 0 Å². The van der Waals surface area contributed by atoms with Gasteiger partial charge in [-0.2, -0.15) is 0 Å². The van der Waals surface area contributed by atoms with E-state index in [2.05, 4.69) is 17.6 Å².